The van der Waals surface area contributed by atoms with Gasteiger partial charge in [0.15, 0.2) is 0 Å². The molecule has 0 saturated carbocycles. The average molecular weight is 289 g/mol. The first-order valence-electron chi connectivity index (χ1n) is 7.93. The topological polar surface area (TPSA) is 41.7 Å². The van der Waals surface area contributed by atoms with E-state index in [1.807, 2.05) is 6.07 Å². The van der Waals surface area contributed by atoms with E-state index in [9.17, 15) is 0 Å². The van der Waals surface area contributed by atoms with Gasteiger partial charge in [0.25, 0.3) is 0 Å². The third kappa shape index (κ3) is 2.80. The van der Waals surface area contributed by atoms with Gasteiger partial charge in [-0.05, 0) is 69.7 Å². The fourth-order valence-electron chi connectivity index (χ4n) is 3.83. The van der Waals surface area contributed by atoms with E-state index in [4.69, 9.17) is 10.5 Å². The van der Waals surface area contributed by atoms with Crippen molar-refractivity contribution in [1.82, 2.24) is 9.80 Å². The Labute approximate surface area is 127 Å². The Morgan fingerprint density at radius 3 is 2.67 bits per heavy atom. The molecule has 1 saturated heterocycles. The molecular formula is C17H27N3O. The lowest BCUT2D eigenvalue weighted by atomic mass is 9.99. The number of hydrogen-bond acceptors (Lipinski definition) is 4. The molecule has 0 aromatic heterocycles. The zero-order chi connectivity index (χ0) is 15.0. The zero-order valence-corrected chi connectivity index (χ0v) is 13.4. The molecule has 2 aliphatic rings. The lowest BCUT2D eigenvalue weighted by Gasteiger charge is -2.39. The molecule has 1 aliphatic heterocycles. The van der Waals surface area contributed by atoms with Crippen molar-refractivity contribution in [2.24, 2.45) is 5.73 Å². The fraction of sp³-hybridized carbons (Fsp3) is 0.647. The van der Waals surface area contributed by atoms with E-state index < -0.39 is 0 Å². The van der Waals surface area contributed by atoms with Gasteiger partial charge in [0.1, 0.15) is 5.75 Å². The van der Waals surface area contributed by atoms with Crippen LogP contribution in [0.5, 0.6) is 5.75 Å². The molecule has 1 aromatic rings. The van der Waals surface area contributed by atoms with Crippen LogP contribution < -0.4 is 10.5 Å². The van der Waals surface area contributed by atoms with Gasteiger partial charge in [-0.2, -0.15) is 0 Å². The number of nitrogens with zero attached hydrogens (tertiary/aromatic N) is 2. The van der Waals surface area contributed by atoms with Gasteiger partial charge in [0.2, 0.25) is 0 Å². The monoisotopic (exact) mass is 289 g/mol. The Kier molecular flexibility index (Phi) is 4.20. The molecule has 4 nitrogen and oxygen atoms in total. The van der Waals surface area contributed by atoms with E-state index in [2.05, 4.69) is 36.0 Å². The summed E-state index contributed by atoms with van der Waals surface area (Å²) in [6.07, 6.45) is 3.55. The summed E-state index contributed by atoms with van der Waals surface area (Å²) in [5.41, 5.74) is 9.19. The molecule has 2 atom stereocenters. The number of piperidine rings is 1. The second-order valence-corrected chi connectivity index (χ2v) is 6.56. The molecule has 0 amide bonds. The van der Waals surface area contributed by atoms with Crippen LogP contribution in [0, 0.1) is 0 Å². The van der Waals surface area contributed by atoms with E-state index in [1.165, 1.54) is 37.1 Å². The molecule has 2 unspecified atom stereocenters. The van der Waals surface area contributed by atoms with E-state index in [1.54, 1.807) is 7.11 Å². The summed E-state index contributed by atoms with van der Waals surface area (Å²) >= 11 is 0. The SMILES string of the molecule is COc1ccc2c(c1)C(N)C(N(C)C1CCN(C)CC1)C2. The number of likely N-dealkylation sites (tertiary alicyclic amines) is 1. The lowest BCUT2D eigenvalue weighted by molar-refractivity contribution is 0.0996. The minimum Gasteiger partial charge on any atom is -0.497 e. The van der Waals surface area contributed by atoms with Crippen molar-refractivity contribution in [3.8, 4) is 5.75 Å². The molecule has 1 aromatic carbocycles. The zero-order valence-electron chi connectivity index (χ0n) is 13.4. The molecule has 116 valence electrons. The van der Waals surface area contributed by atoms with Crippen molar-refractivity contribution in [2.45, 2.75) is 37.4 Å². The van der Waals surface area contributed by atoms with Gasteiger partial charge >= 0.3 is 0 Å². The van der Waals surface area contributed by atoms with Gasteiger partial charge in [0, 0.05) is 18.1 Å². The van der Waals surface area contributed by atoms with Gasteiger partial charge in [0.05, 0.1) is 7.11 Å². The highest BCUT2D eigenvalue weighted by molar-refractivity contribution is 5.42. The normalized spacial score (nSPS) is 27.1. The third-order valence-corrected chi connectivity index (χ3v) is 5.34. The van der Waals surface area contributed by atoms with Crippen LogP contribution in [0.25, 0.3) is 0 Å². The predicted molar refractivity (Wildman–Crippen MR) is 85.7 cm³/mol. The highest BCUT2D eigenvalue weighted by Crippen LogP contribution is 2.36. The molecule has 1 fully saturated rings. The third-order valence-electron chi connectivity index (χ3n) is 5.34. The van der Waals surface area contributed by atoms with Crippen LogP contribution in [-0.4, -0.2) is 56.2 Å². The first kappa shape index (κ1) is 14.8. The quantitative estimate of drug-likeness (QED) is 0.918. The Morgan fingerprint density at radius 1 is 1.29 bits per heavy atom. The van der Waals surface area contributed by atoms with Gasteiger partial charge in [-0.15, -0.1) is 0 Å². The lowest BCUT2D eigenvalue weighted by Crippen LogP contribution is -2.48. The largest absolute Gasteiger partial charge is 0.497 e. The van der Waals surface area contributed by atoms with E-state index >= 15 is 0 Å². The van der Waals surface area contributed by atoms with Gasteiger partial charge in [-0.1, -0.05) is 6.07 Å². The number of likely N-dealkylation sites (N-methyl/N-ethyl adjacent to an activating group) is 1. The number of ether oxygens (including phenoxy) is 1. The van der Waals surface area contributed by atoms with Crippen LogP contribution in [-0.2, 0) is 6.42 Å². The number of benzene rings is 1. The maximum atomic E-state index is 6.54. The van der Waals surface area contributed by atoms with Crippen molar-refractivity contribution in [2.75, 3.05) is 34.3 Å². The molecule has 0 bridgehead atoms. The number of rotatable bonds is 3. The van der Waals surface area contributed by atoms with Crippen molar-refractivity contribution in [1.29, 1.82) is 0 Å². The number of fused-ring (bicyclic) bond motifs is 1. The molecular weight excluding hydrogens is 262 g/mol. The maximum absolute atomic E-state index is 6.54. The van der Waals surface area contributed by atoms with E-state index in [0.29, 0.717) is 12.1 Å². The fourth-order valence-corrected chi connectivity index (χ4v) is 3.83. The maximum Gasteiger partial charge on any atom is 0.119 e. The van der Waals surface area contributed by atoms with Crippen LogP contribution in [0.2, 0.25) is 0 Å². The summed E-state index contributed by atoms with van der Waals surface area (Å²) in [5, 5.41) is 0. The average Bonchev–Trinajstić information content (AvgIpc) is 2.84. The highest BCUT2D eigenvalue weighted by atomic mass is 16.5. The van der Waals surface area contributed by atoms with Crippen LogP contribution in [0.3, 0.4) is 0 Å². The Morgan fingerprint density at radius 2 is 2.00 bits per heavy atom. The number of hydrogen-bond donors (Lipinski definition) is 1. The number of methoxy groups -OCH3 is 1. The molecule has 4 heteroatoms. The standard InChI is InChI=1S/C17H27N3O/c1-19-8-6-13(7-9-19)20(2)16-10-12-4-5-14(21-3)11-15(12)17(16)18/h4-5,11,13,16-17H,6-10,18H2,1-3H3. The van der Waals surface area contributed by atoms with Crippen LogP contribution in [0.15, 0.2) is 18.2 Å². The van der Waals surface area contributed by atoms with Gasteiger partial charge in [-0.3, -0.25) is 4.90 Å². The molecule has 2 N–H and O–H groups in total. The second-order valence-electron chi connectivity index (χ2n) is 6.56. The minimum absolute atomic E-state index is 0.0970. The first-order chi connectivity index (χ1) is 10.1. The summed E-state index contributed by atoms with van der Waals surface area (Å²) in [6.45, 7) is 2.38. The predicted octanol–water partition coefficient (Wildman–Crippen LogP) is 1.65. The van der Waals surface area contributed by atoms with Crippen molar-refractivity contribution in [3.05, 3.63) is 29.3 Å². The van der Waals surface area contributed by atoms with Crippen LogP contribution >= 0.6 is 0 Å². The number of nitrogens with two attached hydrogens (primary N) is 1. The van der Waals surface area contributed by atoms with Crippen molar-refractivity contribution < 1.29 is 4.74 Å². The second kappa shape index (κ2) is 5.95. The first-order valence-corrected chi connectivity index (χ1v) is 7.93. The van der Waals surface area contributed by atoms with Gasteiger partial charge < -0.3 is 15.4 Å². The summed E-state index contributed by atoms with van der Waals surface area (Å²) < 4.78 is 5.34. The molecule has 1 aliphatic carbocycles. The minimum atomic E-state index is 0.0970. The molecule has 1 heterocycles. The summed E-state index contributed by atoms with van der Waals surface area (Å²) in [4.78, 5) is 4.95. The molecule has 21 heavy (non-hydrogen) atoms. The Hall–Kier alpha value is -1.10. The van der Waals surface area contributed by atoms with Crippen LogP contribution in [0.4, 0.5) is 0 Å². The van der Waals surface area contributed by atoms with E-state index in [0.717, 1.165) is 12.2 Å². The van der Waals surface area contributed by atoms with Crippen molar-refractivity contribution in [3.63, 3.8) is 0 Å². The highest BCUT2D eigenvalue weighted by Gasteiger charge is 2.36. The Bertz CT molecular complexity index is 497. The smallest absolute Gasteiger partial charge is 0.119 e. The summed E-state index contributed by atoms with van der Waals surface area (Å²) in [7, 11) is 6.17. The molecule has 0 spiro atoms. The van der Waals surface area contributed by atoms with E-state index in [-0.39, 0.29) is 6.04 Å². The molecule has 3 rings (SSSR count). The van der Waals surface area contributed by atoms with Gasteiger partial charge in [-0.25, -0.2) is 0 Å². The molecule has 0 radical (unpaired) electrons. The summed E-state index contributed by atoms with van der Waals surface area (Å²) in [5.74, 6) is 0.909. The van der Waals surface area contributed by atoms with Crippen LogP contribution in [0.1, 0.15) is 30.0 Å². The van der Waals surface area contributed by atoms with Crippen molar-refractivity contribution >= 4 is 0 Å². The summed E-state index contributed by atoms with van der Waals surface area (Å²) in [6, 6.07) is 7.51. The Balaban J connectivity index is 1.73.